The van der Waals surface area contributed by atoms with E-state index < -0.39 is 0 Å². The van der Waals surface area contributed by atoms with Gasteiger partial charge in [-0.3, -0.25) is 9.69 Å². The predicted octanol–water partition coefficient (Wildman–Crippen LogP) is 3.50. The summed E-state index contributed by atoms with van der Waals surface area (Å²) >= 11 is 1.61. The van der Waals surface area contributed by atoms with E-state index >= 15 is 0 Å². The first-order valence-corrected chi connectivity index (χ1v) is 9.23. The van der Waals surface area contributed by atoms with Gasteiger partial charge in [-0.2, -0.15) is 0 Å². The summed E-state index contributed by atoms with van der Waals surface area (Å²) in [7, 11) is 1.67. The fourth-order valence-electron chi connectivity index (χ4n) is 2.82. The molecule has 130 valence electrons. The molecule has 1 N–H and O–H groups in total. The molecule has 0 aliphatic rings. The molecule has 1 amide bonds. The zero-order valence-electron chi connectivity index (χ0n) is 14.6. The van der Waals surface area contributed by atoms with Gasteiger partial charge in [-0.25, -0.2) is 0 Å². The summed E-state index contributed by atoms with van der Waals surface area (Å²) in [5.74, 6) is 0.909. The van der Waals surface area contributed by atoms with Gasteiger partial charge in [0.25, 0.3) is 0 Å². The lowest BCUT2D eigenvalue weighted by atomic mass is 10.0. The molecule has 2 aromatic rings. The van der Waals surface area contributed by atoms with Crippen molar-refractivity contribution in [3.8, 4) is 5.75 Å². The number of rotatable bonds is 9. The van der Waals surface area contributed by atoms with Crippen LogP contribution in [0.2, 0.25) is 0 Å². The number of nitrogens with one attached hydrogen (secondary N) is 1. The zero-order valence-corrected chi connectivity index (χ0v) is 15.4. The molecule has 0 aliphatic heterocycles. The minimum Gasteiger partial charge on any atom is -0.497 e. The Bertz CT molecular complexity index is 624. The summed E-state index contributed by atoms with van der Waals surface area (Å²) in [6.07, 6.45) is 0.445. The third-order valence-corrected chi connectivity index (χ3v) is 5.02. The standard InChI is InChI=1S/C19H26N2O2S/c1-4-21(5-2)18(15-8-6-9-16(12-15)23-3)14-20-19(22)13-17-10-7-11-24-17/h6-12,18H,4-5,13-14H2,1-3H3,(H,20,22)/t18-/m1/s1. The number of amides is 1. The van der Waals surface area contributed by atoms with Crippen LogP contribution in [0, 0.1) is 0 Å². The fourth-order valence-corrected chi connectivity index (χ4v) is 3.52. The monoisotopic (exact) mass is 346 g/mol. The lowest BCUT2D eigenvalue weighted by Gasteiger charge is -2.30. The van der Waals surface area contributed by atoms with Gasteiger partial charge in [0.05, 0.1) is 19.6 Å². The van der Waals surface area contributed by atoms with Crippen molar-refractivity contribution in [1.82, 2.24) is 10.2 Å². The highest BCUT2D eigenvalue weighted by molar-refractivity contribution is 7.10. The van der Waals surface area contributed by atoms with Gasteiger partial charge < -0.3 is 10.1 Å². The van der Waals surface area contributed by atoms with Gasteiger partial charge in [0.15, 0.2) is 0 Å². The van der Waals surface area contributed by atoms with E-state index in [0.717, 1.165) is 29.3 Å². The number of likely N-dealkylation sites (N-methyl/N-ethyl adjacent to an activating group) is 1. The molecule has 2 rings (SSSR count). The number of methoxy groups -OCH3 is 1. The molecule has 1 aromatic carbocycles. The Morgan fingerprint density at radius 3 is 2.67 bits per heavy atom. The van der Waals surface area contributed by atoms with Crippen LogP contribution in [0.25, 0.3) is 0 Å². The highest BCUT2D eigenvalue weighted by atomic mass is 32.1. The van der Waals surface area contributed by atoms with E-state index in [1.54, 1.807) is 18.4 Å². The van der Waals surface area contributed by atoms with Crippen molar-refractivity contribution in [2.24, 2.45) is 0 Å². The summed E-state index contributed by atoms with van der Waals surface area (Å²) in [6.45, 7) is 6.74. The number of nitrogens with zero attached hydrogens (tertiary/aromatic N) is 1. The van der Waals surface area contributed by atoms with E-state index in [-0.39, 0.29) is 11.9 Å². The van der Waals surface area contributed by atoms with Crippen molar-refractivity contribution in [3.63, 3.8) is 0 Å². The molecule has 4 nitrogen and oxygen atoms in total. The normalized spacial score (nSPS) is 12.2. The van der Waals surface area contributed by atoms with Crippen LogP contribution in [-0.2, 0) is 11.2 Å². The van der Waals surface area contributed by atoms with E-state index in [0.29, 0.717) is 13.0 Å². The molecule has 0 aliphatic carbocycles. The van der Waals surface area contributed by atoms with Gasteiger partial charge in [-0.1, -0.05) is 32.0 Å². The SMILES string of the molecule is CCN(CC)[C@H](CNC(=O)Cc1cccs1)c1cccc(OC)c1. The average molecular weight is 346 g/mol. The van der Waals surface area contributed by atoms with Crippen LogP contribution in [0.4, 0.5) is 0 Å². The Balaban J connectivity index is 2.06. The number of benzene rings is 1. The van der Waals surface area contributed by atoms with Crippen LogP contribution in [0.15, 0.2) is 41.8 Å². The van der Waals surface area contributed by atoms with Crippen LogP contribution in [0.5, 0.6) is 5.75 Å². The van der Waals surface area contributed by atoms with Crippen molar-refractivity contribution in [2.75, 3.05) is 26.7 Å². The summed E-state index contributed by atoms with van der Waals surface area (Å²) in [5.41, 5.74) is 1.16. The largest absolute Gasteiger partial charge is 0.497 e. The average Bonchev–Trinajstić information content (AvgIpc) is 3.11. The summed E-state index contributed by atoms with van der Waals surface area (Å²) < 4.78 is 5.34. The summed E-state index contributed by atoms with van der Waals surface area (Å²) in [6, 6.07) is 12.2. The molecule has 1 heterocycles. The Kier molecular flexibility index (Phi) is 7.28. The topological polar surface area (TPSA) is 41.6 Å². The van der Waals surface area contributed by atoms with Gasteiger partial charge in [-0.05, 0) is 42.2 Å². The van der Waals surface area contributed by atoms with Gasteiger partial charge in [0.2, 0.25) is 5.91 Å². The first kappa shape index (κ1) is 18.5. The third kappa shape index (κ3) is 5.08. The Labute approximate surface area is 148 Å². The van der Waals surface area contributed by atoms with E-state index in [1.165, 1.54) is 0 Å². The van der Waals surface area contributed by atoms with Crippen LogP contribution >= 0.6 is 11.3 Å². The zero-order chi connectivity index (χ0) is 17.4. The number of ether oxygens (including phenoxy) is 1. The van der Waals surface area contributed by atoms with Crippen LogP contribution in [0.3, 0.4) is 0 Å². The van der Waals surface area contributed by atoms with E-state index in [4.69, 9.17) is 4.74 Å². The van der Waals surface area contributed by atoms with Crippen LogP contribution in [-0.4, -0.2) is 37.6 Å². The number of hydrogen-bond donors (Lipinski definition) is 1. The highest BCUT2D eigenvalue weighted by Crippen LogP contribution is 2.23. The number of hydrogen-bond acceptors (Lipinski definition) is 4. The molecule has 0 bridgehead atoms. The molecule has 0 saturated heterocycles. The first-order chi connectivity index (χ1) is 11.7. The Hall–Kier alpha value is -1.85. The quantitative estimate of drug-likeness (QED) is 0.755. The predicted molar refractivity (Wildman–Crippen MR) is 99.7 cm³/mol. The van der Waals surface area contributed by atoms with Gasteiger partial charge in [0.1, 0.15) is 5.75 Å². The molecule has 0 saturated carbocycles. The molecular weight excluding hydrogens is 320 g/mol. The maximum atomic E-state index is 12.2. The third-order valence-electron chi connectivity index (χ3n) is 4.14. The van der Waals surface area contributed by atoms with E-state index in [2.05, 4.69) is 36.2 Å². The molecule has 1 atom stereocenters. The second-order valence-corrected chi connectivity index (χ2v) is 6.61. The molecule has 5 heteroatoms. The molecule has 0 fully saturated rings. The maximum absolute atomic E-state index is 12.2. The van der Waals surface area contributed by atoms with Crippen molar-refractivity contribution in [2.45, 2.75) is 26.3 Å². The molecule has 24 heavy (non-hydrogen) atoms. The smallest absolute Gasteiger partial charge is 0.225 e. The molecule has 1 aromatic heterocycles. The molecular formula is C19H26N2O2S. The van der Waals surface area contributed by atoms with Crippen LogP contribution < -0.4 is 10.1 Å². The van der Waals surface area contributed by atoms with E-state index in [1.807, 2.05) is 29.6 Å². The molecule has 0 unspecified atom stereocenters. The first-order valence-electron chi connectivity index (χ1n) is 8.35. The van der Waals surface area contributed by atoms with E-state index in [9.17, 15) is 4.79 Å². The molecule has 0 spiro atoms. The van der Waals surface area contributed by atoms with Gasteiger partial charge >= 0.3 is 0 Å². The second kappa shape index (κ2) is 9.45. The Morgan fingerprint density at radius 1 is 1.25 bits per heavy atom. The second-order valence-electron chi connectivity index (χ2n) is 5.57. The van der Waals surface area contributed by atoms with Crippen LogP contribution in [0.1, 0.15) is 30.3 Å². The summed E-state index contributed by atoms with van der Waals surface area (Å²) in [4.78, 5) is 15.7. The maximum Gasteiger partial charge on any atom is 0.225 e. The minimum atomic E-state index is 0.0671. The van der Waals surface area contributed by atoms with Crippen molar-refractivity contribution in [3.05, 3.63) is 52.2 Å². The van der Waals surface area contributed by atoms with Crippen molar-refractivity contribution < 1.29 is 9.53 Å². The molecule has 0 radical (unpaired) electrons. The lowest BCUT2D eigenvalue weighted by molar-refractivity contribution is -0.120. The Morgan fingerprint density at radius 2 is 2.04 bits per heavy atom. The fraction of sp³-hybridized carbons (Fsp3) is 0.421. The van der Waals surface area contributed by atoms with Crippen molar-refractivity contribution in [1.29, 1.82) is 0 Å². The van der Waals surface area contributed by atoms with Gasteiger partial charge in [-0.15, -0.1) is 11.3 Å². The number of thiophene rings is 1. The minimum absolute atomic E-state index is 0.0671. The summed E-state index contributed by atoms with van der Waals surface area (Å²) in [5, 5.41) is 5.09. The highest BCUT2D eigenvalue weighted by Gasteiger charge is 2.19. The number of carbonyl (C=O) groups is 1. The van der Waals surface area contributed by atoms with Crippen molar-refractivity contribution >= 4 is 17.2 Å². The van der Waals surface area contributed by atoms with Gasteiger partial charge in [0, 0.05) is 11.4 Å². The number of carbonyl (C=O) groups excluding carboxylic acids is 1. The lowest BCUT2D eigenvalue weighted by Crippen LogP contribution is -2.38.